The summed E-state index contributed by atoms with van der Waals surface area (Å²) in [5.74, 6) is 1.49. The van der Waals surface area contributed by atoms with Gasteiger partial charge in [-0.3, -0.25) is 4.99 Å². The molecule has 2 heteroatoms. The molecule has 0 spiro atoms. The number of amidine groups is 1. The molecular weight excluding hydrogens is 100 g/mol. The molecule has 2 rings (SSSR count). The smallest absolute Gasteiger partial charge is 0.0951 e. The van der Waals surface area contributed by atoms with Crippen LogP contribution in [0.4, 0.5) is 0 Å². The second-order valence-corrected chi connectivity index (χ2v) is 2.36. The predicted octanol–water partition coefficient (Wildman–Crippen LogP) is 0.302. The molecule has 8 heavy (non-hydrogen) atoms. The first kappa shape index (κ1) is 4.13. The minimum atomic E-state index is 0.454. The molecule has 1 aliphatic carbocycles. The summed E-state index contributed by atoms with van der Waals surface area (Å²) < 4.78 is 0. The highest BCUT2D eigenvalue weighted by molar-refractivity contribution is 5.83. The highest BCUT2D eigenvalue weighted by Gasteiger charge is 2.29. The molecule has 42 valence electrons. The maximum atomic E-state index is 5.47. The van der Waals surface area contributed by atoms with E-state index in [1.54, 1.807) is 0 Å². The third-order valence-corrected chi connectivity index (χ3v) is 1.75. The Kier molecular flexibility index (Phi) is 0.583. The molecular formula is C6H8N2. The lowest BCUT2D eigenvalue weighted by Gasteiger charge is -2.17. The van der Waals surface area contributed by atoms with Crippen molar-refractivity contribution in [2.75, 3.05) is 0 Å². The minimum Gasteiger partial charge on any atom is -0.387 e. The van der Waals surface area contributed by atoms with Gasteiger partial charge in [0.25, 0.3) is 0 Å². The van der Waals surface area contributed by atoms with E-state index in [1.807, 2.05) is 0 Å². The molecule has 0 amide bonds. The van der Waals surface area contributed by atoms with Gasteiger partial charge in [-0.1, -0.05) is 12.2 Å². The zero-order chi connectivity index (χ0) is 5.56. The van der Waals surface area contributed by atoms with Gasteiger partial charge in [-0.05, 0) is 0 Å². The van der Waals surface area contributed by atoms with Crippen LogP contribution in [0.5, 0.6) is 0 Å². The summed E-state index contributed by atoms with van der Waals surface area (Å²) in [5, 5.41) is 0. The first-order valence-corrected chi connectivity index (χ1v) is 2.87. The fourth-order valence-corrected chi connectivity index (χ4v) is 1.18. The second kappa shape index (κ2) is 1.13. The average Bonchev–Trinajstić information content (AvgIpc) is 1.91. The van der Waals surface area contributed by atoms with E-state index >= 15 is 0 Å². The van der Waals surface area contributed by atoms with E-state index in [-0.39, 0.29) is 0 Å². The molecule has 0 bridgehead atoms. The Labute approximate surface area is 48.1 Å². The van der Waals surface area contributed by atoms with E-state index in [0.29, 0.717) is 12.0 Å². The number of nitrogens with two attached hydrogens (primary N) is 1. The topological polar surface area (TPSA) is 38.4 Å². The highest BCUT2D eigenvalue weighted by Crippen LogP contribution is 2.29. The lowest BCUT2D eigenvalue weighted by molar-refractivity contribution is 0.586. The first-order valence-electron chi connectivity index (χ1n) is 2.87. The monoisotopic (exact) mass is 108 g/mol. The normalized spacial score (nSPS) is 40.8. The Balaban J connectivity index is 2.24. The third kappa shape index (κ3) is 0.351. The van der Waals surface area contributed by atoms with E-state index in [0.717, 1.165) is 12.3 Å². The zero-order valence-electron chi connectivity index (χ0n) is 4.54. The number of nitrogens with zero attached hydrogens (tertiary/aromatic N) is 1. The molecule has 2 nitrogen and oxygen atoms in total. The number of hydrogen-bond acceptors (Lipinski definition) is 2. The summed E-state index contributed by atoms with van der Waals surface area (Å²) in [6.07, 6.45) is 5.26. The van der Waals surface area contributed by atoms with E-state index in [4.69, 9.17) is 5.73 Å². The van der Waals surface area contributed by atoms with Crippen molar-refractivity contribution in [2.45, 2.75) is 12.5 Å². The molecule has 0 radical (unpaired) electrons. The molecule has 1 heterocycles. The van der Waals surface area contributed by atoms with Crippen molar-refractivity contribution in [3.8, 4) is 0 Å². The van der Waals surface area contributed by atoms with Gasteiger partial charge in [0, 0.05) is 12.3 Å². The van der Waals surface area contributed by atoms with Gasteiger partial charge in [-0.2, -0.15) is 0 Å². The zero-order valence-corrected chi connectivity index (χ0v) is 4.54. The lowest BCUT2D eigenvalue weighted by atomic mass is 9.89. The van der Waals surface area contributed by atoms with Crippen LogP contribution in [0.1, 0.15) is 6.42 Å². The molecule has 2 atom stereocenters. The average molecular weight is 108 g/mol. The van der Waals surface area contributed by atoms with Gasteiger partial charge in [-0.15, -0.1) is 0 Å². The maximum absolute atomic E-state index is 5.47. The van der Waals surface area contributed by atoms with Crippen LogP contribution in [0.3, 0.4) is 0 Å². The van der Waals surface area contributed by atoms with Gasteiger partial charge in [-0.25, -0.2) is 0 Å². The van der Waals surface area contributed by atoms with Gasteiger partial charge in [0.2, 0.25) is 0 Å². The van der Waals surface area contributed by atoms with Crippen LogP contribution >= 0.6 is 0 Å². The fourth-order valence-electron chi connectivity index (χ4n) is 1.18. The molecule has 1 aliphatic heterocycles. The van der Waals surface area contributed by atoms with E-state index in [2.05, 4.69) is 17.1 Å². The Morgan fingerprint density at radius 3 is 2.75 bits per heavy atom. The Morgan fingerprint density at radius 1 is 1.62 bits per heavy atom. The van der Waals surface area contributed by atoms with Gasteiger partial charge in [0.15, 0.2) is 0 Å². The van der Waals surface area contributed by atoms with Crippen LogP contribution in [0.25, 0.3) is 0 Å². The van der Waals surface area contributed by atoms with Gasteiger partial charge >= 0.3 is 0 Å². The standard InChI is InChI=1S/C6H8N2/c7-6-3-4-1-2-5(4)8-6/h1-2,4-5H,3H2,(H2,7,8). The SMILES string of the molecule is NC1=NC2C=CC2C1. The van der Waals surface area contributed by atoms with Crippen molar-refractivity contribution in [3.05, 3.63) is 12.2 Å². The molecule has 2 N–H and O–H groups in total. The second-order valence-electron chi connectivity index (χ2n) is 2.36. The molecule has 0 aromatic heterocycles. The molecule has 0 saturated carbocycles. The van der Waals surface area contributed by atoms with Crippen LogP contribution in [0.2, 0.25) is 0 Å². The number of fused-ring (bicyclic) bond motifs is 1. The van der Waals surface area contributed by atoms with Crippen molar-refractivity contribution >= 4 is 5.84 Å². The summed E-state index contributed by atoms with van der Waals surface area (Å²) in [4.78, 5) is 4.16. The third-order valence-electron chi connectivity index (χ3n) is 1.75. The van der Waals surface area contributed by atoms with Gasteiger partial charge in [0.05, 0.1) is 11.9 Å². The highest BCUT2D eigenvalue weighted by atomic mass is 14.9. The van der Waals surface area contributed by atoms with Crippen molar-refractivity contribution in [2.24, 2.45) is 16.6 Å². The largest absolute Gasteiger partial charge is 0.387 e. The quantitative estimate of drug-likeness (QED) is 0.445. The molecule has 0 aromatic carbocycles. The summed E-state index contributed by atoms with van der Waals surface area (Å²) in [6.45, 7) is 0. The fraction of sp³-hybridized carbons (Fsp3) is 0.500. The van der Waals surface area contributed by atoms with Crippen molar-refractivity contribution in [3.63, 3.8) is 0 Å². The van der Waals surface area contributed by atoms with Crippen molar-refractivity contribution in [1.82, 2.24) is 0 Å². The minimum absolute atomic E-state index is 0.454. The van der Waals surface area contributed by atoms with Gasteiger partial charge < -0.3 is 5.73 Å². The molecule has 0 fully saturated rings. The Hall–Kier alpha value is -0.790. The maximum Gasteiger partial charge on any atom is 0.0951 e. The first-order chi connectivity index (χ1) is 3.86. The van der Waals surface area contributed by atoms with Crippen molar-refractivity contribution in [1.29, 1.82) is 0 Å². The summed E-state index contributed by atoms with van der Waals surface area (Å²) >= 11 is 0. The van der Waals surface area contributed by atoms with Crippen LogP contribution in [-0.2, 0) is 0 Å². The number of hydrogen-bond donors (Lipinski definition) is 1. The molecule has 2 unspecified atom stereocenters. The molecule has 2 aliphatic rings. The molecule has 0 saturated heterocycles. The van der Waals surface area contributed by atoms with Crippen molar-refractivity contribution < 1.29 is 0 Å². The lowest BCUT2D eigenvalue weighted by Crippen LogP contribution is -2.17. The predicted molar refractivity (Wildman–Crippen MR) is 32.7 cm³/mol. The summed E-state index contributed by atoms with van der Waals surface area (Å²) in [7, 11) is 0. The van der Waals surface area contributed by atoms with E-state index in [9.17, 15) is 0 Å². The Bertz CT molecular complexity index is 169. The van der Waals surface area contributed by atoms with Gasteiger partial charge in [0.1, 0.15) is 0 Å². The number of aliphatic imine (C=N–C) groups is 1. The van der Waals surface area contributed by atoms with Crippen LogP contribution in [-0.4, -0.2) is 11.9 Å². The van der Waals surface area contributed by atoms with E-state index in [1.165, 1.54) is 0 Å². The summed E-state index contributed by atoms with van der Waals surface area (Å²) in [6, 6.07) is 0.454. The van der Waals surface area contributed by atoms with Crippen LogP contribution in [0.15, 0.2) is 17.1 Å². The van der Waals surface area contributed by atoms with E-state index < -0.39 is 0 Å². The van der Waals surface area contributed by atoms with Crippen LogP contribution in [0, 0.1) is 5.92 Å². The summed E-state index contributed by atoms with van der Waals surface area (Å²) in [5.41, 5.74) is 5.47. The van der Waals surface area contributed by atoms with Crippen LogP contribution < -0.4 is 5.73 Å². The molecule has 0 aromatic rings. The Morgan fingerprint density at radius 2 is 2.50 bits per heavy atom. The number of rotatable bonds is 0.